The molecule has 7 unspecified atom stereocenters. The third kappa shape index (κ3) is 5.36. The quantitative estimate of drug-likeness (QED) is 0.287. The van der Waals surface area contributed by atoms with Crippen molar-refractivity contribution in [1.29, 1.82) is 0 Å². The molecule has 45 heavy (non-hydrogen) atoms. The average molecular weight is 628 g/mol. The zero-order chi connectivity index (χ0) is 32.2. The molecular weight excluding hydrogens is 590 g/mol. The maximum atomic E-state index is 13.8. The van der Waals surface area contributed by atoms with Gasteiger partial charge in [0.15, 0.2) is 29.9 Å². The number of phenols is 1. The Balaban J connectivity index is 1.39. The molecule has 6 rings (SSSR count). The summed E-state index contributed by atoms with van der Waals surface area (Å²) in [5.41, 5.74) is -1.98. The first-order valence-electron chi connectivity index (χ1n) is 14.9. The van der Waals surface area contributed by atoms with Gasteiger partial charge in [0.05, 0.1) is 43.2 Å². The number of phenolic OH excluding ortho intramolecular Hbond substituents is 1. The Morgan fingerprint density at radius 2 is 1.89 bits per heavy atom. The van der Waals surface area contributed by atoms with E-state index in [-0.39, 0.29) is 46.4 Å². The number of carbonyl (C=O) groups is 3. The van der Waals surface area contributed by atoms with E-state index in [4.69, 9.17) is 23.7 Å². The zero-order valence-electron chi connectivity index (χ0n) is 25.2. The average Bonchev–Trinajstić information content (AvgIpc) is 3.04. The Bertz CT molecular complexity index is 1530. The standard InChI is InChI=1S/C32H37NO12/c1-15-28(36)20(33-7-8-43-25(13-33)42-3)10-24(44-15)45-22-12-32(40,23(35)14-34)11-19-17(22)9-18-27(31(19)39)29(37)16-5-4-6-21(41-2)26(16)30(18)38/h4-6,9,15,20,22,24-25,28,34,36,39-40H,7-8,10-14H2,1-3H3. The first-order valence-corrected chi connectivity index (χ1v) is 14.9. The third-order valence-corrected chi connectivity index (χ3v) is 9.42. The van der Waals surface area contributed by atoms with E-state index in [9.17, 15) is 34.8 Å². The van der Waals surface area contributed by atoms with E-state index in [1.165, 1.54) is 19.2 Å². The number of benzene rings is 2. The van der Waals surface area contributed by atoms with Gasteiger partial charge in [0, 0.05) is 62.2 Å². The van der Waals surface area contributed by atoms with Crippen LogP contribution < -0.4 is 4.74 Å². The Morgan fingerprint density at radius 1 is 1.13 bits per heavy atom. The van der Waals surface area contributed by atoms with Crippen LogP contribution in [0, 0.1) is 0 Å². The fourth-order valence-corrected chi connectivity index (χ4v) is 7.01. The van der Waals surface area contributed by atoms with Crippen LogP contribution in [0.25, 0.3) is 0 Å². The summed E-state index contributed by atoms with van der Waals surface area (Å²) in [4.78, 5) is 42.3. The molecule has 0 saturated carbocycles. The van der Waals surface area contributed by atoms with E-state index < -0.39 is 78.7 Å². The number of aromatic hydroxyl groups is 1. The molecule has 4 N–H and O–H groups in total. The second-order valence-corrected chi connectivity index (χ2v) is 12.0. The van der Waals surface area contributed by atoms with Gasteiger partial charge >= 0.3 is 0 Å². The molecule has 2 aromatic rings. The van der Waals surface area contributed by atoms with Crippen molar-refractivity contribution in [2.24, 2.45) is 0 Å². The van der Waals surface area contributed by atoms with Crippen molar-refractivity contribution in [1.82, 2.24) is 4.90 Å². The van der Waals surface area contributed by atoms with Crippen molar-refractivity contribution in [2.75, 3.05) is 40.5 Å². The fourth-order valence-electron chi connectivity index (χ4n) is 7.01. The molecule has 13 heteroatoms. The summed E-state index contributed by atoms with van der Waals surface area (Å²) in [6, 6.07) is 5.65. The maximum absolute atomic E-state index is 13.8. The molecule has 4 aliphatic rings. The lowest BCUT2D eigenvalue weighted by Crippen LogP contribution is -2.59. The van der Waals surface area contributed by atoms with Crippen LogP contribution in [0.4, 0.5) is 0 Å². The number of carbonyl (C=O) groups excluding carboxylic acids is 3. The van der Waals surface area contributed by atoms with Crippen molar-refractivity contribution < 1.29 is 58.5 Å². The number of nitrogens with zero attached hydrogens (tertiary/aromatic N) is 1. The molecule has 2 fully saturated rings. The van der Waals surface area contributed by atoms with Gasteiger partial charge in [-0.05, 0) is 24.6 Å². The van der Waals surface area contributed by atoms with Crippen LogP contribution >= 0.6 is 0 Å². The number of aliphatic hydroxyl groups is 3. The number of aliphatic hydroxyl groups excluding tert-OH is 2. The fraction of sp³-hybridized carbons (Fsp3) is 0.531. The van der Waals surface area contributed by atoms with Gasteiger partial charge in [0.25, 0.3) is 0 Å². The van der Waals surface area contributed by atoms with Crippen molar-refractivity contribution in [3.63, 3.8) is 0 Å². The molecule has 0 amide bonds. The van der Waals surface area contributed by atoms with Gasteiger partial charge < -0.3 is 44.1 Å². The normalized spacial score (nSPS) is 31.6. The van der Waals surface area contributed by atoms with Gasteiger partial charge in [-0.2, -0.15) is 0 Å². The van der Waals surface area contributed by atoms with Crippen LogP contribution in [0.1, 0.15) is 68.8 Å². The molecule has 2 saturated heterocycles. The largest absolute Gasteiger partial charge is 0.507 e. The Hall–Kier alpha value is -3.27. The predicted octanol–water partition coefficient (Wildman–Crippen LogP) is 0.642. The van der Waals surface area contributed by atoms with E-state index in [0.29, 0.717) is 25.3 Å². The third-order valence-electron chi connectivity index (χ3n) is 9.42. The van der Waals surface area contributed by atoms with Crippen molar-refractivity contribution in [3.8, 4) is 11.5 Å². The van der Waals surface area contributed by atoms with Crippen LogP contribution in [0.15, 0.2) is 24.3 Å². The minimum Gasteiger partial charge on any atom is -0.507 e. The number of ketones is 3. The lowest BCUT2D eigenvalue weighted by molar-refractivity contribution is -0.266. The zero-order valence-corrected chi connectivity index (χ0v) is 25.2. The molecule has 13 nitrogen and oxygen atoms in total. The number of Topliss-reactive ketones (excluding diaryl/α,β-unsaturated/α-hetero) is 1. The van der Waals surface area contributed by atoms with E-state index in [2.05, 4.69) is 0 Å². The van der Waals surface area contributed by atoms with Crippen molar-refractivity contribution >= 4 is 17.3 Å². The van der Waals surface area contributed by atoms with Gasteiger partial charge in [-0.3, -0.25) is 19.3 Å². The monoisotopic (exact) mass is 627 g/mol. The maximum Gasteiger partial charge on any atom is 0.198 e. The highest BCUT2D eigenvalue weighted by Gasteiger charge is 2.49. The van der Waals surface area contributed by atoms with Gasteiger partial charge in [0.2, 0.25) is 0 Å². The Kier molecular flexibility index (Phi) is 8.56. The number of rotatable bonds is 7. The van der Waals surface area contributed by atoms with E-state index in [1.807, 2.05) is 4.90 Å². The molecule has 0 spiro atoms. The molecule has 0 radical (unpaired) electrons. The molecule has 7 atom stereocenters. The van der Waals surface area contributed by atoms with Gasteiger partial charge in [-0.1, -0.05) is 12.1 Å². The smallest absolute Gasteiger partial charge is 0.198 e. The number of morpholine rings is 1. The molecule has 242 valence electrons. The van der Waals surface area contributed by atoms with Crippen LogP contribution in [0.2, 0.25) is 0 Å². The van der Waals surface area contributed by atoms with Crippen LogP contribution in [-0.4, -0.2) is 120 Å². The van der Waals surface area contributed by atoms with Crippen LogP contribution in [0.5, 0.6) is 11.5 Å². The summed E-state index contributed by atoms with van der Waals surface area (Å²) in [6.07, 6.45) is -4.53. The van der Waals surface area contributed by atoms with Crippen LogP contribution in [0.3, 0.4) is 0 Å². The lowest BCUT2D eigenvalue weighted by atomic mass is 9.72. The summed E-state index contributed by atoms with van der Waals surface area (Å²) >= 11 is 0. The van der Waals surface area contributed by atoms with Gasteiger partial charge in [-0.25, -0.2) is 0 Å². The summed E-state index contributed by atoms with van der Waals surface area (Å²) in [5.74, 6) is -2.37. The molecule has 0 aromatic heterocycles. The SMILES string of the molecule is COc1cccc2c1C(=O)c1cc3c(c(O)c1C2=O)CC(O)(C(=O)CO)CC3OC1CC(N2CCOC(OC)C2)C(O)C(C)O1. The number of methoxy groups -OCH3 is 2. The van der Waals surface area contributed by atoms with Gasteiger partial charge in [0.1, 0.15) is 23.7 Å². The van der Waals surface area contributed by atoms with Crippen LogP contribution in [-0.2, 0) is 30.2 Å². The number of ether oxygens (including phenoxy) is 5. The summed E-state index contributed by atoms with van der Waals surface area (Å²) in [6.45, 7) is 2.10. The Labute approximate surface area is 259 Å². The molecule has 2 heterocycles. The Morgan fingerprint density at radius 3 is 2.60 bits per heavy atom. The summed E-state index contributed by atoms with van der Waals surface area (Å²) in [5, 5.41) is 43.7. The molecule has 2 aliphatic carbocycles. The molecule has 2 aliphatic heterocycles. The van der Waals surface area contributed by atoms with Crippen molar-refractivity contribution in [2.45, 2.75) is 68.7 Å². The second kappa shape index (κ2) is 12.2. The highest BCUT2D eigenvalue weighted by atomic mass is 16.7. The van der Waals surface area contributed by atoms with Crippen molar-refractivity contribution in [3.05, 3.63) is 57.6 Å². The number of hydrogen-bond donors (Lipinski definition) is 4. The van der Waals surface area contributed by atoms with E-state index >= 15 is 0 Å². The minimum atomic E-state index is -2.14. The minimum absolute atomic E-state index is 0.0540. The molecule has 0 bridgehead atoms. The van der Waals surface area contributed by atoms with Gasteiger partial charge in [-0.15, -0.1) is 0 Å². The second-order valence-electron chi connectivity index (χ2n) is 12.0. The lowest BCUT2D eigenvalue weighted by Gasteiger charge is -2.47. The summed E-state index contributed by atoms with van der Waals surface area (Å²) < 4.78 is 28.7. The first kappa shape index (κ1) is 31.7. The highest BCUT2D eigenvalue weighted by molar-refractivity contribution is 6.30. The van der Waals surface area contributed by atoms with E-state index in [0.717, 1.165) is 0 Å². The molecular formula is C32H37NO12. The molecule has 2 aromatic carbocycles. The number of fused-ring (bicyclic) bond motifs is 3. The topological polar surface area (TPSA) is 182 Å². The van der Waals surface area contributed by atoms with E-state index in [1.54, 1.807) is 26.2 Å². The number of hydrogen-bond acceptors (Lipinski definition) is 13. The first-order chi connectivity index (χ1) is 21.5. The summed E-state index contributed by atoms with van der Waals surface area (Å²) in [7, 11) is 2.93. The predicted molar refractivity (Wildman–Crippen MR) is 154 cm³/mol. The highest BCUT2D eigenvalue weighted by Crippen LogP contribution is 2.48.